The van der Waals surface area contributed by atoms with E-state index in [4.69, 9.17) is 0 Å². The van der Waals surface area contributed by atoms with Crippen molar-refractivity contribution in [2.24, 2.45) is 11.3 Å². The molecule has 0 heterocycles. The molecule has 0 radical (unpaired) electrons. The van der Waals surface area contributed by atoms with Crippen molar-refractivity contribution in [3.05, 3.63) is 0 Å². The van der Waals surface area contributed by atoms with Crippen LogP contribution in [0.1, 0.15) is 59.8 Å². The Kier molecular flexibility index (Phi) is 4.43. The first-order valence-corrected chi connectivity index (χ1v) is 6.29. The molecule has 0 aliphatic heterocycles. The van der Waals surface area contributed by atoms with Crippen LogP contribution in [0.2, 0.25) is 0 Å². The first-order chi connectivity index (χ1) is 6.55. The Balaban J connectivity index is 2.50. The van der Waals surface area contributed by atoms with E-state index >= 15 is 0 Å². The smallest absolute Gasteiger partial charge is 0.0100 e. The monoisotopic (exact) mass is 197 g/mol. The Bertz CT molecular complexity index is 157. The van der Waals surface area contributed by atoms with Crippen molar-refractivity contribution in [2.45, 2.75) is 65.8 Å². The van der Waals surface area contributed by atoms with Gasteiger partial charge < -0.3 is 5.32 Å². The molecule has 1 saturated carbocycles. The molecule has 1 nitrogen and oxygen atoms in total. The molecule has 2 atom stereocenters. The normalized spacial score (nSPS) is 29.1. The van der Waals surface area contributed by atoms with E-state index in [0.29, 0.717) is 5.41 Å². The van der Waals surface area contributed by atoms with E-state index in [1.165, 1.54) is 38.6 Å². The van der Waals surface area contributed by atoms with Crippen molar-refractivity contribution in [3.63, 3.8) is 0 Å². The second-order valence-corrected chi connectivity index (χ2v) is 5.82. The molecule has 1 fully saturated rings. The summed E-state index contributed by atoms with van der Waals surface area (Å²) >= 11 is 0. The summed E-state index contributed by atoms with van der Waals surface area (Å²) in [6.45, 7) is 10.6. The minimum atomic E-state index is 0.478. The van der Waals surface area contributed by atoms with E-state index in [0.717, 1.165) is 12.0 Å². The summed E-state index contributed by atoms with van der Waals surface area (Å²) in [5.74, 6) is 0.878. The lowest BCUT2D eigenvalue weighted by Gasteiger charge is -2.41. The maximum atomic E-state index is 3.73. The van der Waals surface area contributed by atoms with Gasteiger partial charge in [-0.3, -0.25) is 0 Å². The van der Waals surface area contributed by atoms with Crippen LogP contribution in [-0.4, -0.2) is 12.6 Å². The van der Waals surface area contributed by atoms with Crippen LogP contribution in [0, 0.1) is 11.3 Å². The summed E-state index contributed by atoms with van der Waals surface area (Å²) in [5.41, 5.74) is 0.478. The van der Waals surface area contributed by atoms with Crippen molar-refractivity contribution >= 4 is 0 Å². The summed E-state index contributed by atoms with van der Waals surface area (Å²) in [4.78, 5) is 0. The summed E-state index contributed by atoms with van der Waals surface area (Å²) in [5, 5.41) is 3.73. The van der Waals surface area contributed by atoms with Gasteiger partial charge in [-0.05, 0) is 37.1 Å². The molecule has 14 heavy (non-hydrogen) atoms. The van der Waals surface area contributed by atoms with Crippen LogP contribution in [-0.2, 0) is 0 Å². The predicted octanol–water partition coefficient (Wildman–Crippen LogP) is 3.59. The third kappa shape index (κ3) is 3.27. The molecule has 2 unspecified atom stereocenters. The molecular formula is C13H27N. The zero-order chi connectivity index (χ0) is 10.6. The summed E-state index contributed by atoms with van der Waals surface area (Å²) in [7, 11) is 0. The van der Waals surface area contributed by atoms with Gasteiger partial charge in [0, 0.05) is 6.04 Å². The topological polar surface area (TPSA) is 12.0 Å². The Morgan fingerprint density at radius 1 is 1.14 bits per heavy atom. The van der Waals surface area contributed by atoms with Crippen LogP contribution in [0.25, 0.3) is 0 Å². The number of hydrogen-bond acceptors (Lipinski definition) is 1. The molecule has 1 heteroatoms. The first-order valence-electron chi connectivity index (χ1n) is 6.29. The van der Waals surface area contributed by atoms with Crippen molar-refractivity contribution in [3.8, 4) is 0 Å². The van der Waals surface area contributed by atoms with E-state index in [1.807, 2.05) is 0 Å². The highest BCUT2D eigenvalue weighted by molar-refractivity contribution is 4.87. The van der Waals surface area contributed by atoms with Gasteiger partial charge in [-0.25, -0.2) is 0 Å². The standard InChI is InChI=1S/C13H27N/c1-5-10-14-12-9-7-6-8-11(12)13(2,3)4/h11-12,14H,5-10H2,1-4H3. The van der Waals surface area contributed by atoms with E-state index in [2.05, 4.69) is 33.0 Å². The third-order valence-corrected chi connectivity index (χ3v) is 3.53. The van der Waals surface area contributed by atoms with Crippen LogP contribution in [0.5, 0.6) is 0 Å². The number of rotatable bonds is 3. The highest BCUT2D eigenvalue weighted by Gasteiger charge is 2.33. The van der Waals surface area contributed by atoms with Gasteiger partial charge in [0.15, 0.2) is 0 Å². The van der Waals surface area contributed by atoms with Gasteiger partial charge in [-0.1, -0.05) is 40.5 Å². The van der Waals surface area contributed by atoms with Gasteiger partial charge in [0.05, 0.1) is 0 Å². The lowest BCUT2D eigenvalue weighted by atomic mass is 9.69. The highest BCUT2D eigenvalue weighted by Crippen LogP contribution is 2.37. The molecule has 1 aliphatic rings. The fourth-order valence-electron chi connectivity index (χ4n) is 2.74. The lowest BCUT2D eigenvalue weighted by molar-refractivity contribution is 0.131. The van der Waals surface area contributed by atoms with Crippen molar-refractivity contribution < 1.29 is 0 Å². The minimum absolute atomic E-state index is 0.478. The zero-order valence-corrected chi connectivity index (χ0v) is 10.4. The molecule has 1 rings (SSSR count). The summed E-state index contributed by atoms with van der Waals surface area (Å²) in [6.07, 6.45) is 6.93. The molecule has 0 amide bonds. The SMILES string of the molecule is CCCNC1CCCCC1C(C)(C)C. The quantitative estimate of drug-likeness (QED) is 0.729. The van der Waals surface area contributed by atoms with Gasteiger partial charge in [0.1, 0.15) is 0 Å². The Labute approximate surface area is 89.7 Å². The van der Waals surface area contributed by atoms with Gasteiger partial charge in [0.2, 0.25) is 0 Å². The van der Waals surface area contributed by atoms with Gasteiger partial charge in [0.25, 0.3) is 0 Å². The molecule has 0 spiro atoms. The third-order valence-electron chi connectivity index (χ3n) is 3.53. The van der Waals surface area contributed by atoms with Crippen LogP contribution >= 0.6 is 0 Å². The fraction of sp³-hybridized carbons (Fsp3) is 1.00. The van der Waals surface area contributed by atoms with Gasteiger partial charge in [-0.2, -0.15) is 0 Å². The average molecular weight is 197 g/mol. The lowest BCUT2D eigenvalue weighted by Crippen LogP contribution is -2.44. The van der Waals surface area contributed by atoms with Crippen molar-refractivity contribution in [2.75, 3.05) is 6.54 Å². The average Bonchev–Trinajstić information content (AvgIpc) is 2.14. The second-order valence-electron chi connectivity index (χ2n) is 5.82. The molecule has 0 aromatic heterocycles. The Morgan fingerprint density at radius 3 is 2.36 bits per heavy atom. The molecule has 0 aromatic rings. The predicted molar refractivity (Wildman–Crippen MR) is 63.5 cm³/mol. The number of nitrogens with one attached hydrogen (secondary N) is 1. The van der Waals surface area contributed by atoms with E-state index in [1.54, 1.807) is 0 Å². The molecule has 0 bridgehead atoms. The Morgan fingerprint density at radius 2 is 1.79 bits per heavy atom. The molecule has 1 aliphatic carbocycles. The fourth-order valence-corrected chi connectivity index (χ4v) is 2.74. The van der Waals surface area contributed by atoms with Gasteiger partial charge >= 0.3 is 0 Å². The molecule has 0 saturated heterocycles. The second kappa shape index (κ2) is 5.16. The maximum Gasteiger partial charge on any atom is 0.0100 e. The van der Waals surface area contributed by atoms with Crippen LogP contribution in [0.15, 0.2) is 0 Å². The maximum absolute atomic E-state index is 3.73. The minimum Gasteiger partial charge on any atom is -0.314 e. The molecule has 0 aromatic carbocycles. The van der Waals surface area contributed by atoms with Crippen molar-refractivity contribution in [1.82, 2.24) is 5.32 Å². The highest BCUT2D eigenvalue weighted by atomic mass is 14.9. The Hall–Kier alpha value is -0.0400. The summed E-state index contributed by atoms with van der Waals surface area (Å²) < 4.78 is 0. The molecule has 1 N–H and O–H groups in total. The van der Waals surface area contributed by atoms with E-state index < -0.39 is 0 Å². The van der Waals surface area contributed by atoms with Crippen molar-refractivity contribution in [1.29, 1.82) is 0 Å². The largest absolute Gasteiger partial charge is 0.314 e. The van der Waals surface area contributed by atoms with Crippen LogP contribution in [0.4, 0.5) is 0 Å². The van der Waals surface area contributed by atoms with Gasteiger partial charge in [-0.15, -0.1) is 0 Å². The first kappa shape index (κ1) is 12.0. The van der Waals surface area contributed by atoms with Crippen LogP contribution in [0.3, 0.4) is 0 Å². The summed E-state index contributed by atoms with van der Waals surface area (Å²) in [6, 6.07) is 0.781. The number of hydrogen-bond donors (Lipinski definition) is 1. The van der Waals surface area contributed by atoms with E-state index in [9.17, 15) is 0 Å². The zero-order valence-electron chi connectivity index (χ0n) is 10.4. The van der Waals surface area contributed by atoms with E-state index in [-0.39, 0.29) is 0 Å². The molecular weight excluding hydrogens is 170 g/mol. The molecule has 84 valence electrons. The van der Waals surface area contributed by atoms with Crippen LogP contribution < -0.4 is 5.32 Å².